The molecule has 3 N–H and O–H groups in total. The van der Waals surface area contributed by atoms with E-state index in [-0.39, 0.29) is 6.04 Å². The molecule has 2 unspecified atom stereocenters. The molecule has 3 heterocycles. The van der Waals surface area contributed by atoms with Crippen molar-refractivity contribution in [2.45, 2.75) is 38.8 Å². The highest BCUT2D eigenvalue weighted by Crippen LogP contribution is 2.32. The molecule has 1 aromatic carbocycles. The molecule has 0 radical (unpaired) electrons. The highest BCUT2D eigenvalue weighted by Gasteiger charge is 2.24. The first-order valence-corrected chi connectivity index (χ1v) is 10.3. The predicted molar refractivity (Wildman–Crippen MR) is 118 cm³/mol. The maximum absolute atomic E-state index is 10.1. The molecule has 5 nitrogen and oxygen atoms in total. The minimum atomic E-state index is -0.449. The number of pyridine rings is 1. The molecule has 1 saturated heterocycles. The molecular formula is C24H29N3O2. The van der Waals surface area contributed by atoms with E-state index >= 15 is 0 Å². The third-order valence-corrected chi connectivity index (χ3v) is 5.72. The van der Waals surface area contributed by atoms with Gasteiger partial charge in [-0.05, 0) is 43.0 Å². The van der Waals surface area contributed by atoms with Crippen LogP contribution in [0.5, 0.6) is 0 Å². The summed E-state index contributed by atoms with van der Waals surface area (Å²) in [7, 11) is 0. The summed E-state index contributed by atoms with van der Waals surface area (Å²) < 4.78 is 6.13. The number of rotatable bonds is 5. The largest absolute Gasteiger partial charge is 0.456 e. The van der Waals surface area contributed by atoms with Gasteiger partial charge in [-0.15, -0.1) is 0 Å². The van der Waals surface area contributed by atoms with Crippen molar-refractivity contribution in [2.24, 2.45) is 5.73 Å². The molecule has 1 aliphatic rings. The van der Waals surface area contributed by atoms with Gasteiger partial charge in [-0.1, -0.05) is 36.8 Å². The molecule has 0 spiro atoms. The van der Waals surface area contributed by atoms with Crippen LogP contribution in [0, 0.1) is 0 Å². The van der Waals surface area contributed by atoms with Gasteiger partial charge in [0.25, 0.3) is 0 Å². The van der Waals surface area contributed by atoms with Crippen LogP contribution in [0.2, 0.25) is 0 Å². The maximum Gasteiger partial charge on any atom is 0.137 e. The number of hydrogen-bond acceptors (Lipinski definition) is 5. The second-order valence-corrected chi connectivity index (χ2v) is 8.01. The van der Waals surface area contributed by atoms with Crippen LogP contribution in [0.4, 0.5) is 0 Å². The minimum Gasteiger partial charge on any atom is -0.456 e. The minimum absolute atomic E-state index is 0.109. The Balaban J connectivity index is 1.66. The number of para-hydroxylation sites is 1. The van der Waals surface area contributed by atoms with E-state index in [1.807, 2.05) is 30.6 Å². The summed E-state index contributed by atoms with van der Waals surface area (Å²) in [6, 6.07) is 10.0. The number of aliphatic hydroxyl groups excluding tert-OH is 1. The first-order chi connectivity index (χ1) is 14.0. The zero-order valence-electron chi connectivity index (χ0n) is 17.1. The molecule has 2 atom stereocenters. The van der Waals surface area contributed by atoms with Crippen molar-refractivity contribution in [1.29, 1.82) is 0 Å². The highest BCUT2D eigenvalue weighted by atomic mass is 16.3. The number of aliphatic hydroxyl groups is 1. The zero-order chi connectivity index (χ0) is 20.4. The zero-order valence-corrected chi connectivity index (χ0v) is 17.1. The molecule has 152 valence electrons. The summed E-state index contributed by atoms with van der Waals surface area (Å²) in [5.74, 6) is 0.840. The molecule has 29 heavy (non-hydrogen) atoms. The van der Waals surface area contributed by atoms with Gasteiger partial charge in [-0.2, -0.15) is 0 Å². The summed E-state index contributed by atoms with van der Waals surface area (Å²) in [6.45, 7) is 6.64. The lowest BCUT2D eigenvalue weighted by Gasteiger charge is -2.34. The predicted octanol–water partition coefficient (Wildman–Crippen LogP) is 3.85. The average molecular weight is 392 g/mol. The van der Waals surface area contributed by atoms with Gasteiger partial charge < -0.3 is 15.3 Å². The summed E-state index contributed by atoms with van der Waals surface area (Å²) in [5, 5.41) is 11.2. The van der Waals surface area contributed by atoms with E-state index in [2.05, 4.69) is 41.9 Å². The third kappa shape index (κ3) is 4.27. The Bertz CT molecular complexity index is 991. The molecule has 4 rings (SSSR count). The summed E-state index contributed by atoms with van der Waals surface area (Å²) in [4.78, 5) is 6.73. The Morgan fingerprint density at radius 3 is 2.93 bits per heavy atom. The number of nitrogens with zero attached hydrogens (tertiary/aromatic N) is 2. The van der Waals surface area contributed by atoms with Crippen molar-refractivity contribution in [3.63, 3.8) is 0 Å². The van der Waals surface area contributed by atoms with Crippen LogP contribution in [0.1, 0.15) is 31.4 Å². The van der Waals surface area contributed by atoms with Crippen molar-refractivity contribution in [3.05, 3.63) is 59.4 Å². The van der Waals surface area contributed by atoms with E-state index in [0.29, 0.717) is 6.54 Å². The fourth-order valence-corrected chi connectivity index (χ4v) is 4.08. The van der Waals surface area contributed by atoms with E-state index < -0.39 is 6.10 Å². The molecule has 3 aromatic rings. The lowest BCUT2D eigenvalue weighted by Crippen LogP contribution is -2.50. The standard InChI is InChI=1S/C24H29N3O2/c1-3-17-12-26-13-20(24-11-18-6-4-5-7-23(18)29-24)19(17)10-16(2)14-27-9-8-21(25)22(28)15-27/h4-7,10-13,21-22,28H,3,8-9,14-15,25H2,1-2H3/b16-10+. The number of fused-ring (bicyclic) bond motifs is 1. The van der Waals surface area contributed by atoms with Gasteiger partial charge in [0.05, 0.1) is 6.10 Å². The monoisotopic (exact) mass is 391 g/mol. The van der Waals surface area contributed by atoms with Gasteiger partial charge in [-0.3, -0.25) is 9.88 Å². The molecule has 0 saturated carbocycles. The number of hydrogen-bond donors (Lipinski definition) is 2. The Morgan fingerprint density at radius 1 is 1.34 bits per heavy atom. The molecule has 0 bridgehead atoms. The van der Waals surface area contributed by atoms with Crippen molar-refractivity contribution in [1.82, 2.24) is 9.88 Å². The molecule has 2 aromatic heterocycles. The molecule has 0 aliphatic carbocycles. The van der Waals surface area contributed by atoms with Crippen LogP contribution in [-0.4, -0.2) is 46.8 Å². The summed E-state index contributed by atoms with van der Waals surface area (Å²) >= 11 is 0. The van der Waals surface area contributed by atoms with Crippen LogP contribution in [-0.2, 0) is 6.42 Å². The van der Waals surface area contributed by atoms with Gasteiger partial charge in [0, 0.05) is 49.0 Å². The Labute approximate surface area is 171 Å². The molecule has 1 fully saturated rings. The van der Waals surface area contributed by atoms with E-state index in [1.165, 1.54) is 11.1 Å². The Hall–Kier alpha value is -2.47. The van der Waals surface area contributed by atoms with Gasteiger partial charge in [-0.25, -0.2) is 0 Å². The van der Waals surface area contributed by atoms with Crippen LogP contribution >= 0.6 is 0 Å². The number of likely N-dealkylation sites (tertiary alicyclic amines) is 1. The van der Waals surface area contributed by atoms with Gasteiger partial charge in [0.1, 0.15) is 11.3 Å². The summed E-state index contributed by atoms with van der Waals surface area (Å²) in [6.07, 6.45) is 7.35. The highest BCUT2D eigenvalue weighted by molar-refractivity contribution is 5.85. The van der Waals surface area contributed by atoms with E-state index in [9.17, 15) is 5.11 Å². The number of aromatic nitrogens is 1. The smallest absolute Gasteiger partial charge is 0.137 e. The van der Waals surface area contributed by atoms with Gasteiger partial charge in [0.15, 0.2) is 0 Å². The van der Waals surface area contributed by atoms with Crippen molar-refractivity contribution in [3.8, 4) is 11.3 Å². The van der Waals surface area contributed by atoms with Crippen LogP contribution in [0.3, 0.4) is 0 Å². The number of nitrogens with two attached hydrogens (primary N) is 1. The Kier molecular flexibility index (Phi) is 5.81. The average Bonchev–Trinajstić information content (AvgIpc) is 3.15. The second-order valence-electron chi connectivity index (χ2n) is 8.01. The third-order valence-electron chi connectivity index (χ3n) is 5.72. The van der Waals surface area contributed by atoms with Gasteiger partial charge in [0.2, 0.25) is 0 Å². The first-order valence-electron chi connectivity index (χ1n) is 10.3. The molecule has 1 aliphatic heterocycles. The van der Waals surface area contributed by atoms with E-state index in [1.54, 1.807) is 0 Å². The van der Waals surface area contributed by atoms with Crippen molar-refractivity contribution >= 4 is 17.0 Å². The normalized spacial score (nSPS) is 21.0. The molecular weight excluding hydrogens is 362 g/mol. The molecule has 0 amide bonds. The SMILES string of the molecule is CCc1cncc(-c2cc3ccccc3o2)c1/C=C(\C)CN1CCC(N)C(O)C1. The number of β-amino-alcohol motifs (C(OH)–C–C–N with tert-alkyl or cyclic N) is 1. The van der Waals surface area contributed by atoms with E-state index in [0.717, 1.165) is 53.8 Å². The lowest BCUT2D eigenvalue weighted by atomic mass is 9.98. The lowest BCUT2D eigenvalue weighted by molar-refractivity contribution is 0.0582. The van der Waals surface area contributed by atoms with Crippen molar-refractivity contribution < 1.29 is 9.52 Å². The fraction of sp³-hybridized carbons (Fsp3) is 0.375. The van der Waals surface area contributed by atoms with E-state index in [4.69, 9.17) is 10.2 Å². The van der Waals surface area contributed by atoms with Crippen LogP contribution < -0.4 is 5.73 Å². The van der Waals surface area contributed by atoms with Crippen LogP contribution in [0.25, 0.3) is 28.4 Å². The van der Waals surface area contributed by atoms with Crippen LogP contribution in [0.15, 0.2) is 52.7 Å². The number of aryl methyl sites for hydroxylation is 1. The topological polar surface area (TPSA) is 75.5 Å². The number of furan rings is 1. The number of piperidine rings is 1. The second kappa shape index (κ2) is 8.49. The van der Waals surface area contributed by atoms with Gasteiger partial charge >= 0.3 is 0 Å². The maximum atomic E-state index is 10.1. The Morgan fingerprint density at radius 2 is 2.17 bits per heavy atom. The fourth-order valence-electron chi connectivity index (χ4n) is 4.08. The van der Waals surface area contributed by atoms with Crippen molar-refractivity contribution in [2.75, 3.05) is 19.6 Å². The molecule has 5 heteroatoms. The number of benzene rings is 1. The summed E-state index contributed by atoms with van der Waals surface area (Å²) in [5.41, 5.74) is 11.4. The first kappa shape index (κ1) is 19.8. The quantitative estimate of drug-likeness (QED) is 0.691.